The summed E-state index contributed by atoms with van der Waals surface area (Å²) in [7, 11) is 0. The van der Waals surface area contributed by atoms with Gasteiger partial charge in [0.2, 0.25) is 5.91 Å². The SMILES string of the molecule is O=C(O)C(F)(F)F.O=C(O)C(F)(F)F.O=C1CC[C@@H]2[C@@H](CCN2Cc2ccoc2)N1Cc1cccnc1. The molecule has 2 N–H and O–H groups in total. The maximum Gasteiger partial charge on any atom is 0.490 e. The van der Waals surface area contributed by atoms with Crippen LogP contribution in [0.4, 0.5) is 26.3 Å². The van der Waals surface area contributed by atoms with Gasteiger partial charge >= 0.3 is 24.3 Å². The number of amides is 1. The number of aromatic nitrogens is 1. The molecule has 2 aromatic heterocycles. The molecule has 4 rings (SSSR count). The minimum absolute atomic E-state index is 0.278. The van der Waals surface area contributed by atoms with Gasteiger partial charge in [-0.1, -0.05) is 6.07 Å². The van der Waals surface area contributed by atoms with Gasteiger partial charge in [0.25, 0.3) is 0 Å². The molecule has 2 atom stereocenters. The third kappa shape index (κ3) is 9.08. The molecule has 0 bridgehead atoms. The summed E-state index contributed by atoms with van der Waals surface area (Å²) in [5, 5.41) is 14.2. The van der Waals surface area contributed by atoms with Gasteiger partial charge in [-0.25, -0.2) is 9.59 Å². The number of furan rings is 1. The Hall–Kier alpha value is -3.62. The second-order valence-electron chi connectivity index (χ2n) is 8.05. The lowest BCUT2D eigenvalue weighted by atomic mass is 9.95. The number of carboxylic acid groups (broad SMARTS) is 2. The Labute approximate surface area is 206 Å². The van der Waals surface area contributed by atoms with Crippen molar-refractivity contribution in [2.75, 3.05) is 6.54 Å². The Bertz CT molecular complexity index is 1010. The van der Waals surface area contributed by atoms with E-state index in [1.54, 1.807) is 12.5 Å². The first-order valence-electron chi connectivity index (χ1n) is 10.7. The molecule has 0 spiro atoms. The number of hydrogen-bond donors (Lipinski definition) is 2. The van der Waals surface area contributed by atoms with Crippen molar-refractivity contribution in [3.63, 3.8) is 0 Å². The number of carboxylic acids is 2. The van der Waals surface area contributed by atoms with Crippen LogP contribution in [0, 0.1) is 0 Å². The van der Waals surface area contributed by atoms with Crippen LogP contribution in [0.15, 0.2) is 47.5 Å². The van der Waals surface area contributed by atoms with Crippen molar-refractivity contribution in [3.8, 4) is 0 Å². The molecule has 15 heteroatoms. The number of fused-ring (bicyclic) bond motifs is 1. The predicted molar refractivity (Wildman–Crippen MR) is 113 cm³/mol. The van der Waals surface area contributed by atoms with Crippen LogP contribution < -0.4 is 0 Å². The summed E-state index contributed by atoms with van der Waals surface area (Å²) in [6.45, 7) is 2.62. The van der Waals surface area contributed by atoms with E-state index in [1.165, 1.54) is 5.56 Å². The van der Waals surface area contributed by atoms with Crippen molar-refractivity contribution in [2.24, 2.45) is 0 Å². The fourth-order valence-corrected chi connectivity index (χ4v) is 3.95. The number of piperidine rings is 1. The monoisotopic (exact) mass is 539 g/mol. The van der Waals surface area contributed by atoms with Crippen LogP contribution in [-0.2, 0) is 27.5 Å². The third-order valence-electron chi connectivity index (χ3n) is 5.53. The van der Waals surface area contributed by atoms with Gasteiger partial charge in [0.15, 0.2) is 0 Å². The maximum atomic E-state index is 12.4. The van der Waals surface area contributed by atoms with Crippen LogP contribution in [-0.4, -0.2) is 73.8 Å². The van der Waals surface area contributed by atoms with E-state index in [-0.39, 0.29) is 5.91 Å². The molecule has 0 unspecified atom stereocenters. The molecule has 2 aliphatic rings. The number of rotatable bonds is 4. The first-order chi connectivity index (χ1) is 17.2. The second-order valence-corrected chi connectivity index (χ2v) is 8.05. The number of hydrogen-bond acceptors (Lipinski definition) is 6. The highest BCUT2D eigenvalue weighted by Gasteiger charge is 2.43. The molecule has 37 heavy (non-hydrogen) atoms. The zero-order valence-electron chi connectivity index (χ0n) is 19.1. The number of halogens is 6. The van der Waals surface area contributed by atoms with Crippen LogP contribution in [0.1, 0.15) is 30.4 Å². The number of carbonyl (C=O) groups excluding carboxylic acids is 1. The molecule has 0 saturated carbocycles. The van der Waals surface area contributed by atoms with E-state index in [1.807, 2.05) is 30.7 Å². The maximum absolute atomic E-state index is 12.4. The average molecular weight is 539 g/mol. The molecular formula is C22H23F6N3O6. The average Bonchev–Trinajstić information content (AvgIpc) is 3.46. The Morgan fingerprint density at radius 1 is 0.973 bits per heavy atom. The van der Waals surface area contributed by atoms with Gasteiger partial charge in [0.1, 0.15) is 0 Å². The highest BCUT2D eigenvalue weighted by Crippen LogP contribution is 2.33. The predicted octanol–water partition coefficient (Wildman–Crippen LogP) is 3.71. The molecule has 204 valence electrons. The first-order valence-corrected chi connectivity index (χ1v) is 10.7. The number of nitrogens with zero attached hydrogens (tertiary/aromatic N) is 3. The van der Waals surface area contributed by atoms with Gasteiger partial charge in [0, 0.05) is 56.1 Å². The van der Waals surface area contributed by atoms with Gasteiger partial charge in [-0.3, -0.25) is 14.7 Å². The van der Waals surface area contributed by atoms with E-state index >= 15 is 0 Å². The summed E-state index contributed by atoms with van der Waals surface area (Å²) in [5.74, 6) is -5.24. The third-order valence-corrected chi connectivity index (χ3v) is 5.53. The Morgan fingerprint density at radius 3 is 2.08 bits per heavy atom. The summed E-state index contributed by atoms with van der Waals surface area (Å²) < 4.78 is 68.7. The smallest absolute Gasteiger partial charge is 0.475 e. The summed E-state index contributed by atoms with van der Waals surface area (Å²) in [4.78, 5) is 39.0. The fourth-order valence-electron chi connectivity index (χ4n) is 3.95. The van der Waals surface area contributed by atoms with Gasteiger partial charge in [-0.2, -0.15) is 26.3 Å². The van der Waals surface area contributed by atoms with Crippen molar-refractivity contribution in [1.29, 1.82) is 0 Å². The lowest BCUT2D eigenvalue weighted by Crippen LogP contribution is -2.51. The molecule has 0 aliphatic carbocycles. The Balaban J connectivity index is 0.000000286. The summed E-state index contributed by atoms with van der Waals surface area (Å²) in [6.07, 6.45) is -0.346. The Morgan fingerprint density at radius 2 is 1.59 bits per heavy atom. The van der Waals surface area contributed by atoms with E-state index in [0.717, 1.165) is 31.5 Å². The summed E-state index contributed by atoms with van der Waals surface area (Å²) >= 11 is 0. The summed E-state index contributed by atoms with van der Waals surface area (Å²) in [5.41, 5.74) is 2.32. The van der Waals surface area contributed by atoms with Crippen molar-refractivity contribution < 1.29 is 55.4 Å². The minimum atomic E-state index is -5.08. The van der Waals surface area contributed by atoms with E-state index in [0.29, 0.717) is 25.0 Å². The van der Waals surface area contributed by atoms with Crippen LogP contribution in [0.25, 0.3) is 0 Å². The van der Waals surface area contributed by atoms with E-state index in [4.69, 9.17) is 24.2 Å². The summed E-state index contributed by atoms with van der Waals surface area (Å²) in [6, 6.07) is 6.78. The van der Waals surface area contributed by atoms with Crippen LogP contribution >= 0.6 is 0 Å². The second kappa shape index (κ2) is 12.6. The Kier molecular flexibility index (Phi) is 10.1. The van der Waals surface area contributed by atoms with E-state index < -0.39 is 24.3 Å². The number of carbonyl (C=O) groups is 3. The van der Waals surface area contributed by atoms with Crippen molar-refractivity contribution >= 4 is 17.8 Å². The standard InChI is InChI=1S/C18H21N3O2.2C2HF3O2/c22-18-4-3-16-17(21(18)12-14-2-1-7-19-10-14)5-8-20(16)11-15-6-9-23-13-15;2*3-2(4,5)1(6)7/h1-2,6-7,9-10,13,16-17H,3-5,8,11-12H2;2*(H,6,7)/t16-,17-;;/m1../s1. The molecule has 1 amide bonds. The highest BCUT2D eigenvalue weighted by atomic mass is 19.4. The normalized spacial score (nSPS) is 19.7. The van der Waals surface area contributed by atoms with Crippen molar-refractivity contribution in [1.82, 2.24) is 14.8 Å². The number of alkyl halides is 6. The molecule has 9 nitrogen and oxygen atoms in total. The van der Waals surface area contributed by atoms with Crippen molar-refractivity contribution in [2.45, 2.75) is 56.8 Å². The van der Waals surface area contributed by atoms with Crippen molar-refractivity contribution in [3.05, 3.63) is 54.2 Å². The van der Waals surface area contributed by atoms with Crippen LogP contribution in [0.2, 0.25) is 0 Å². The lowest BCUT2D eigenvalue weighted by molar-refractivity contribution is -0.193. The fraction of sp³-hybridized carbons (Fsp3) is 0.455. The minimum Gasteiger partial charge on any atom is -0.475 e. The molecule has 2 aliphatic heterocycles. The van der Waals surface area contributed by atoms with Gasteiger partial charge in [-0.05, 0) is 30.5 Å². The molecule has 2 aromatic rings. The zero-order chi connectivity index (χ0) is 27.8. The zero-order valence-corrected chi connectivity index (χ0v) is 19.1. The van der Waals surface area contributed by atoms with E-state index in [9.17, 15) is 31.1 Å². The molecule has 2 saturated heterocycles. The highest BCUT2D eigenvalue weighted by molar-refractivity contribution is 5.77. The van der Waals surface area contributed by atoms with E-state index in [2.05, 4.69) is 14.8 Å². The number of aliphatic carboxylic acids is 2. The van der Waals surface area contributed by atoms with Gasteiger partial charge in [-0.15, -0.1) is 0 Å². The molecular weight excluding hydrogens is 516 g/mol. The van der Waals surface area contributed by atoms with Gasteiger partial charge in [0.05, 0.1) is 12.5 Å². The lowest BCUT2D eigenvalue weighted by Gasteiger charge is -2.39. The van der Waals surface area contributed by atoms with Crippen LogP contribution in [0.3, 0.4) is 0 Å². The first kappa shape index (κ1) is 29.6. The number of likely N-dealkylation sites (tertiary alicyclic amines) is 2. The topological polar surface area (TPSA) is 124 Å². The molecule has 2 fully saturated rings. The molecule has 4 heterocycles. The molecule has 0 radical (unpaired) electrons. The quantitative estimate of drug-likeness (QED) is 0.564. The van der Waals surface area contributed by atoms with Gasteiger partial charge < -0.3 is 19.5 Å². The van der Waals surface area contributed by atoms with Crippen LogP contribution in [0.5, 0.6) is 0 Å². The largest absolute Gasteiger partial charge is 0.490 e. The molecule has 0 aromatic carbocycles. The number of pyridine rings is 1.